The number of ether oxygens (including phenoxy) is 1. The minimum Gasteiger partial charge on any atom is -0.442 e. The zero-order valence-corrected chi connectivity index (χ0v) is 7.91. The summed E-state index contributed by atoms with van der Waals surface area (Å²) in [4.78, 5) is 10.6. The maximum absolute atomic E-state index is 10.6. The van der Waals surface area contributed by atoms with E-state index in [9.17, 15) is 4.79 Å². The molecule has 1 aromatic carbocycles. The number of carbonyl (C=O) groups excluding carboxylic acids is 1. The highest BCUT2D eigenvalue weighted by Gasteiger charge is 2.13. The zero-order chi connectivity index (χ0) is 9.97. The molecule has 1 heterocycles. The van der Waals surface area contributed by atoms with Gasteiger partial charge in [-0.15, -0.1) is 0 Å². The Morgan fingerprint density at radius 2 is 2.07 bits per heavy atom. The van der Waals surface area contributed by atoms with Gasteiger partial charge in [-0.25, -0.2) is 10.2 Å². The Morgan fingerprint density at radius 1 is 1.36 bits per heavy atom. The second-order valence-electron chi connectivity index (χ2n) is 2.75. The fourth-order valence-corrected chi connectivity index (χ4v) is 1.23. The molecule has 1 amide bonds. The van der Waals surface area contributed by atoms with Gasteiger partial charge >= 0.3 is 6.09 Å². The lowest BCUT2D eigenvalue weighted by molar-refractivity contribution is 0.157. The third-order valence-electron chi connectivity index (χ3n) is 1.80. The first kappa shape index (κ1) is 9.02. The normalized spacial score (nSPS) is 15.5. The van der Waals surface area contributed by atoms with Crippen LogP contribution in [0.2, 0.25) is 5.02 Å². The van der Waals surface area contributed by atoms with E-state index in [4.69, 9.17) is 16.3 Å². The fourth-order valence-electron chi connectivity index (χ4n) is 1.10. The third-order valence-corrected chi connectivity index (χ3v) is 2.05. The van der Waals surface area contributed by atoms with Crippen LogP contribution in [0, 0.1) is 0 Å². The lowest BCUT2D eigenvalue weighted by atomic mass is 10.1. The SMILES string of the molecule is O=C1NN=C(c2ccc(Cl)cc2)CO1. The van der Waals surface area contributed by atoms with Crippen molar-refractivity contribution < 1.29 is 9.53 Å². The number of nitrogens with zero attached hydrogens (tertiary/aromatic N) is 1. The van der Waals surface area contributed by atoms with Gasteiger partial charge in [-0.05, 0) is 12.1 Å². The van der Waals surface area contributed by atoms with E-state index in [2.05, 4.69) is 10.5 Å². The van der Waals surface area contributed by atoms with Crippen molar-refractivity contribution in [2.24, 2.45) is 5.10 Å². The third kappa shape index (κ3) is 1.85. The molecular weight excluding hydrogens is 204 g/mol. The molecule has 1 aromatic rings. The van der Waals surface area contributed by atoms with Crippen LogP contribution in [-0.4, -0.2) is 18.4 Å². The highest BCUT2D eigenvalue weighted by atomic mass is 35.5. The van der Waals surface area contributed by atoms with Gasteiger partial charge in [0.05, 0.1) is 0 Å². The summed E-state index contributed by atoms with van der Waals surface area (Å²) < 4.78 is 4.76. The molecule has 0 atom stereocenters. The van der Waals surface area contributed by atoms with E-state index in [1.165, 1.54) is 0 Å². The van der Waals surface area contributed by atoms with Crippen LogP contribution in [0.5, 0.6) is 0 Å². The molecule has 0 saturated carbocycles. The number of rotatable bonds is 1. The number of carbonyl (C=O) groups is 1. The van der Waals surface area contributed by atoms with Crippen molar-refractivity contribution in [2.75, 3.05) is 6.61 Å². The first-order chi connectivity index (χ1) is 6.75. The number of hydrazone groups is 1. The molecule has 4 nitrogen and oxygen atoms in total. The van der Waals surface area contributed by atoms with Crippen molar-refractivity contribution in [3.8, 4) is 0 Å². The maximum atomic E-state index is 10.6. The molecule has 0 radical (unpaired) electrons. The first-order valence-electron chi connectivity index (χ1n) is 4.01. The second-order valence-corrected chi connectivity index (χ2v) is 3.19. The molecule has 0 fully saturated rings. The number of benzene rings is 1. The predicted molar refractivity (Wildman–Crippen MR) is 52.5 cm³/mol. The van der Waals surface area contributed by atoms with Gasteiger partial charge in [0, 0.05) is 10.6 Å². The van der Waals surface area contributed by atoms with Gasteiger partial charge in [-0.1, -0.05) is 23.7 Å². The van der Waals surface area contributed by atoms with Gasteiger partial charge < -0.3 is 4.74 Å². The molecule has 1 aliphatic heterocycles. The van der Waals surface area contributed by atoms with Crippen LogP contribution in [0.1, 0.15) is 5.56 Å². The van der Waals surface area contributed by atoms with Crippen LogP contribution in [0.25, 0.3) is 0 Å². The Morgan fingerprint density at radius 3 is 2.64 bits per heavy atom. The van der Waals surface area contributed by atoms with E-state index in [0.717, 1.165) is 5.56 Å². The molecule has 1 aliphatic rings. The van der Waals surface area contributed by atoms with Crippen molar-refractivity contribution in [3.63, 3.8) is 0 Å². The average molecular weight is 211 g/mol. The van der Waals surface area contributed by atoms with Gasteiger partial charge in [0.25, 0.3) is 0 Å². The minimum absolute atomic E-state index is 0.188. The van der Waals surface area contributed by atoms with E-state index in [1.54, 1.807) is 12.1 Å². The monoisotopic (exact) mass is 210 g/mol. The summed E-state index contributed by atoms with van der Waals surface area (Å²) in [7, 11) is 0. The number of hydrogen-bond donors (Lipinski definition) is 1. The van der Waals surface area contributed by atoms with E-state index in [1.807, 2.05) is 12.1 Å². The van der Waals surface area contributed by atoms with Crippen molar-refractivity contribution in [1.82, 2.24) is 5.43 Å². The smallest absolute Gasteiger partial charge is 0.428 e. The summed E-state index contributed by atoms with van der Waals surface area (Å²) in [5.74, 6) is 0. The quantitative estimate of drug-likeness (QED) is 0.768. The molecule has 14 heavy (non-hydrogen) atoms. The van der Waals surface area contributed by atoms with Gasteiger partial charge in [-0.2, -0.15) is 5.10 Å². The fraction of sp³-hybridized carbons (Fsp3) is 0.111. The lowest BCUT2D eigenvalue weighted by Crippen LogP contribution is -2.30. The summed E-state index contributed by atoms with van der Waals surface area (Å²) in [6.07, 6.45) is -0.525. The van der Waals surface area contributed by atoms with E-state index in [-0.39, 0.29) is 6.61 Å². The average Bonchev–Trinajstić information content (AvgIpc) is 2.21. The minimum atomic E-state index is -0.525. The van der Waals surface area contributed by atoms with Crippen molar-refractivity contribution >= 4 is 23.4 Å². The Bertz CT molecular complexity index is 386. The molecule has 72 valence electrons. The number of cyclic esters (lactones) is 1. The molecule has 0 saturated heterocycles. The van der Waals surface area contributed by atoms with Crippen LogP contribution >= 0.6 is 11.6 Å². The van der Waals surface area contributed by atoms with Gasteiger partial charge in [0.1, 0.15) is 12.3 Å². The van der Waals surface area contributed by atoms with Crippen molar-refractivity contribution in [1.29, 1.82) is 0 Å². The predicted octanol–water partition coefficient (Wildman–Crippen LogP) is 1.78. The van der Waals surface area contributed by atoms with E-state index in [0.29, 0.717) is 10.7 Å². The second kappa shape index (κ2) is 3.67. The van der Waals surface area contributed by atoms with Crippen molar-refractivity contribution in [2.45, 2.75) is 0 Å². The Hall–Kier alpha value is -1.55. The van der Waals surface area contributed by atoms with Gasteiger partial charge in [0.15, 0.2) is 0 Å². The largest absolute Gasteiger partial charge is 0.442 e. The van der Waals surface area contributed by atoms with E-state index >= 15 is 0 Å². The Kier molecular flexibility index (Phi) is 2.37. The Balaban J connectivity index is 2.23. The van der Waals surface area contributed by atoms with Gasteiger partial charge in [-0.3, -0.25) is 0 Å². The van der Waals surface area contributed by atoms with E-state index < -0.39 is 6.09 Å². The molecule has 0 spiro atoms. The highest BCUT2D eigenvalue weighted by Crippen LogP contribution is 2.11. The van der Waals surface area contributed by atoms with Crippen LogP contribution in [-0.2, 0) is 4.74 Å². The number of halogens is 1. The molecule has 0 unspecified atom stereocenters. The standard InChI is InChI=1S/C9H7ClN2O2/c10-7-3-1-6(2-4-7)8-5-14-9(13)12-11-8/h1-4H,5H2,(H,12,13). The molecule has 2 rings (SSSR count). The van der Waals surface area contributed by atoms with Crippen LogP contribution in [0.4, 0.5) is 4.79 Å². The van der Waals surface area contributed by atoms with Crippen molar-refractivity contribution in [3.05, 3.63) is 34.9 Å². The maximum Gasteiger partial charge on any atom is 0.428 e. The molecule has 0 aromatic heterocycles. The summed E-state index contributed by atoms with van der Waals surface area (Å²) in [5.41, 5.74) is 3.80. The Labute approximate surface area is 85.5 Å². The molecule has 0 bridgehead atoms. The zero-order valence-electron chi connectivity index (χ0n) is 7.16. The molecule has 1 N–H and O–H groups in total. The van der Waals surface area contributed by atoms with Gasteiger partial charge in [0.2, 0.25) is 0 Å². The summed E-state index contributed by atoms with van der Waals surface area (Å²) in [6.45, 7) is 0.188. The van der Waals surface area contributed by atoms with Crippen LogP contribution in [0.3, 0.4) is 0 Å². The summed E-state index contributed by atoms with van der Waals surface area (Å²) in [5, 5.41) is 4.52. The van der Waals surface area contributed by atoms with Crippen LogP contribution in [0.15, 0.2) is 29.4 Å². The number of nitrogens with one attached hydrogen (secondary N) is 1. The first-order valence-corrected chi connectivity index (χ1v) is 4.39. The molecule has 5 heteroatoms. The molecular formula is C9H7ClN2O2. The lowest BCUT2D eigenvalue weighted by Gasteiger charge is -2.12. The highest BCUT2D eigenvalue weighted by molar-refractivity contribution is 6.30. The molecule has 0 aliphatic carbocycles. The number of hydrogen-bond acceptors (Lipinski definition) is 3. The topological polar surface area (TPSA) is 50.7 Å². The number of amides is 1. The summed E-state index contributed by atoms with van der Waals surface area (Å²) >= 11 is 5.73. The van der Waals surface area contributed by atoms with Crippen LogP contribution < -0.4 is 5.43 Å². The summed E-state index contributed by atoms with van der Waals surface area (Å²) in [6, 6.07) is 7.16.